The van der Waals surface area contributed by atoms with Crippen LogP contribution in [0.4, 0.5) is 5.69 Å². The molecule has 2 aliphatic rings. The molecule has 0 fully saturated rings. The van der Waals surface area contributed by atoms with Crippen LogP contribution < -0.4 is 4.74 Å². The van der Waals surface area contributed by atoms with Crippen molar-refractivity contribution in [3.8, 4) is 5.75 Å². The molecule has 2 aromatic carbocycles. The molecule has 28 heavy (non-hydrogen) atoms. The third-order valence-electron chi connectivity index (χ3n) is 4.95. The summed E-state index contributed by atoms with van der Waals surface area (Å²) in [6.45, 7) is 0. The molecular weight excluding hydrogens is 442 g/mol. The summed E-state index contributed by atoms with van der Waals surface area (Å²) in [5.41, 5.74) is 3.02. The van der Waals surface area contributed by atoms with Crippen molar-refractivity contribution >= 4 is 38.7 Å². The highest BCUT2D eigenvalue weighted by molar-refractivity contribution is 9.11. The predicted octanol–water partition coefficient (Wildman–Crippen LogP) is 5.66. The molecule has 2 aliphatic heterocycles. The number of fused-ring (bicyclic) bond motifs is 3. The lowest BCUT2D eigenvalue weighted by molar-refractivity contribution is -0.384. The normalized spacial score (nSPS) is 20.2. The molecule has 0 amide bonds. The first kappa shape index (κ1) is 17.4. The fraction of sp³-hybridized carbons (Fsp3) is 0.150. The standard InChI is InChI=1S/C20H14BrN3O3S/c21-19-10-9-18(28-19)15-11-16-14-3-1-2-4-17(14)27-20(23(16)22-15)12-5-7-13(8-6-12)24(25)26/h1-10,16,20H,11H2/t16-,20-/m1/s1. The highest BCUT2D eigenvalue weighted by atomic mass is 79.9. The molecule has 0 saturated heterocycles. The van der Waals surface area contributed by atoms with Crippen LogP contribution in [-0.4, -0.2) is 15.6 Å². The van der Waals surface area contributed by atoms with E-state index in [0.717, 1.165) is 37.7 Å². The molecular formula is C20H14BrN3O3S. The molecule has 0 bridgehead atoms. The van der Waals surface area contributed by atoms with Crippen LogP contribution in [0.15, 0.2) is 69.6 Å². The monoisotopic (exact) mass is 455 g/mol. The Morgan fingerprint density at radius 2 is 1.93 bits per heavy atom. The maximum Gasteiger partial charge on any atom is 0.269 e. The third kappa shape index (κ3) is 2.89. The van der Waals surface area contributed by atoms with Crippen LogP contribution in [0, 0.1) is 10.1 Å². The number of halogens is 1. The Kier molecular flexibility index (Phi) is 4.17. The maximum absolute atomic E-state index is 11.0. The molecule has 0 saturated carbocycles. The number of hydrogen-bond donors (Lipinski definition) is 0. The Morgan fingerprint density at radius 3 is 2.64 bits per heavy atom. The number of rotatable bonds is 3. The van der Waals surface area contributed by atoms with Crippen molar-refractivity contribution in [2.45, 2.75) is 18.7 Å². The molecule has 3 aromatic rings. The van der Waals surface area contributed by atoms with E-state index in [4.69, 9.17) is 9.84 Å². The van der Waals surface area contributed by atoms with Crippen LogP contribution in [0.3, 0.4) is 0 Å². The summed E-state index contributed by atoms with van der Waals surface area (Å²) in [6, 6.07) is 18.6. The highest BCUT2D eigenvalue weighted by Crippen LogP contribution is 2.48. The zero-order valence-corrected chi connectivity index (χ0v) is 16.9. The molecule has 0 radical (unpaired) electrons. The first-order chi connectivity index (χ1) is 13.6. The van der Waals surface area contributed by atoms with E-state index in [1.807, 2.05) is 29.3 Å². The van der Waals surface area contributed by atoms with Gasteiger partial charge in [0, 0.05) is 29.7 Å². The first-order valence-electron chi connectivity index (χ1n) is 8.71. The van der Waals surface area contributed by atoms with Crippen molar-refractivity contribution in [1.82, 2.24) is 5.01 Å². The van der Waals surface area contributed by atoms with Crippen molar-refractivity contribution in [3.05, 3.63) is 90.6 Å². The number of nitrogens with zero attached hydrogens (tertiary/aromatic N) is 3. The van der Waals surface area contributed by atoms with Crippen LogP contribution in [-0.2, 0) is 0 Å². The highest BCUT2D eigenvalue weighted by Gasteiger charge is 2.41. The number of ether oxygens (including phenoxy) is 1. The lowest BCUT2D eigenvalue weighted by Gasteiger charge is -2.38. The molecule has 0 aliphatic carbocycles. The fourth-order valence-corrected chi connectivity index (χ4v) is 5.01. The second-order valence-electron chi connectivity index (χ2n) is 6.61. The molecule has 3 heterocycles. The minimum absolute atomic E-state index is 0.0607. The number of nitro benzene ring substituents is 1. The van der Waals surface area contributed by atoms with Crippen LogP contribution in [0.5, 0.6) is 5.75 Å². The summed E-state index contributed by atoms with van der Waals surface area (Å²) in [4.78, 5) is 11.7. The minimum atomic E-state index is -0.429. The Labute approximate surface area is 173 Å². The van der Waals surface area contributed by atoms with Gasteiger partial charge in [0.2, 0.25) is 6.23 Å². The van der Waals surface area contributed by atoms with Crippen molar-refractivity contribution in [2.75, 3.05) is 0 Å². The van der Waals surface area contributed by atoms with Crippen molar-refractivity contribution in [3.63, 3.8) is 0 Å². The molecule has 140 valence electrons. The molecule has 8 heteroatoms. The van der Waals surface area contributed by atoms with Gasteiger partial charge in [0.25, 0.3) is 5.69 Å². The van der Waals surface area contributed by atoms with E-state index in [2.05, 4.69) is 28.1 Å². The summed E-state index contributed by atoms with van der Waals surface area (Å²) in [5, 5.41) is 17.8. The van der Waals surface area contributed by atoms with E-state index >= 15 is 0 Å². The molecule has 0 spiro atoms. The Hall–Kier alpha value is -2.71. The average molecular weight is 456 g/mol. The van der Waals surface area contributed by atoms with Gasteiger partial charge < -0.3 is 4.74 Å². The lowest BCUT2D eigenvalue weighted by Crippen LogP contribution is -2.33. The summed E-state index contributed by atoms with van der Waals surface area (Å²) >= 11 is 5.18. The van der Waals surface area contributed by atoms with Crippen LogP contribution in [0.25, 0.3) is 0 Å². The summed E-state index contributed by atoms with van der Waals surface area (Å²) in [7, 11) is 0. The number of hydrogen-bond acceptors (Lipinski definition) is 6. The zero-order chi connectivity index (χ0) is 19.3. The van der Waals surface area contributed by atoms with Crippen molar-refractivity contribution in [2.24, 2.45) is 5.10 Å². The zero-order valence-electron chi connectivity index (χ0n) is 14.5. The predicted molar refractivity (Wildman–Crippen MR) is 111 cm³/mol. The van der Waals surface area contributed by atoms with E-state index < -0.39 is 11.2 Å². The average Bonchev–Trinajstić information content (AvgIpc) is 3.34. The summed E-state index contributed by atoms with van der Waals surface area (Å²) in [6.07, 6.45) is 0.359. The van der Waals surface area contributed by atoms with E-state index in [9.17, 15) is 10.1 Å². The van der Waals surface area contributed by atoms with Gasteiger partial charge in [0.1, 0.15) is 5.75 Å². The van der Waals surface area contributed by atoms with E-state index in [0.29, 0.717) is 0 Å². The number of benzene rings is 2. The second-order valence-corrected chi connectivity index (χ2v) is 9.07. The third-order valence-corrected chi connectivity index (χ3v) is 6.62. The van der Waals surface area contributed by atoms with Gasteiger partial charge in [0.05, 0.1) is 25.3 Å². The Bertz CT molecular complexity index is 1100. The maximum atomic E-state index is 11.0. The lowest BCUT2D eigenvalue weighted by atomic mass is 9.98. The topological polar surface area (TPSA) is 68.0 Å². The summed E-state index contributed by atoms with van der Waals surface area (Å²) < 4.78 is 7.33. The van der Waals surface area contributed by atoms with Gasteiger partial charge in [-0.15, -0.1) is 11.3 Å². The van der Waals surface area contributed by atoms with Gasteiger partial charge in [-0.05, 0) is 46.3 Å². The van der Waals surface area contributed by atoms with Gasteiger partial charge >= 0.3 is 0 Å². The number of nitro groups is 1. The van der Waals surface area contributed by atoms with Crippen LogP contribution in [0.1, 0.15) is 34.7 Å². The van der Waals surface area contributed by atoms with Crippen LogP contribution >= 0.6 is 27.3 Å². The SMILES string of the molecule is O=[N+]([O-])c1ccc([C@H]2Oc3ccccc3[C@H]3CC(c4ccc(Br)s4)=NN32)cc1. The van der Waals surface area contributed by atoms with Gasteiger partial charge in [-0.1, -0.05) is 18.2 Å². The first-order valence-corrected chi connectivity index (χ1v) is 10.3. The van der Waals surface area contributed by atoms with Gasteiger partial charge in [-0.2, -0.15) is 5.10 Å². The smallest absolute Gasteiger partial charge is 0.269 e. The van der Waals surface area contributed by atoms with E-state index in [-0.39, 0.29) is 11.7 Å². The molecule has 0 unspecified atom stereocenters. The summed E-state index contributed by atoms with van der Waals surface area (Å²) in [5.74, 6) is 0.830. The Morgan fingerprint density at radius 1 is 1.14 bits per heavy atom. The minimum Gasteiger partial charge on any atom is -0.464 e. The number of thiophene rings is 1. The quantitative estimate of drug-likeness (QED) is 0.377. The molecule has 6 nitrogen and oxygen atoms in total. The number of para-hydroxylation sites is 1. The van der Waals surface area contributed by atoms with Gasteiger partial charge in [-0.3, -0.25) is 10.1 Å². The van der Waals surface area contributed by atoms with E-state index in [1.165, 1.54) is 12.1 Å². The Balaban J connectivity index is 1.57. The molecule has 2 atom stereocenters. The van der Waals surface area contributed by atoms with E-state index in [1.54, 1.807) is 23.5 Å². The molecule has 5 rings (SSSR count). The number of hydrazone groups is 1. The second kappa shape index (κ2) is 6.72. The fourth-order valence-electron chi connectivity index (χ4n) is 3.63. The van der Waals surface area contributed by atoms with Crippen molar-refractivity contribution < 1.29 is 9.66 Å². The number of non-ortho nitro benzene ring substituents is 1. The van der Waals surface area contributed by atoms with Gasteiger partial charge in [0.15, 0.2) is 0 Å². The molecule has 1 aromatic heterocycles. The molecule has 0 N–H and O–H groups in total. The van der Waals surface area contributed by atoms with Crippen LogP contribution in [0.2, 0.25) is 0 Å². The van der Waals surface area contributed by atoms with Crippen molar-refractivity contribution in [1.29, 1.82) is 0 Å². The largest absolute Gasteiger partial charge is 0.464 e. The van der Waals surface area contributed by atoms with Gasteiger partial charge in [-0.25, -0.2) is 5.01 Å².